The van der Waals surface area contributed by atoms with Crippen LogP contribution in [0.3, 0.4) is 0 Å². The van der Waals surface area contributed by atoms with Gasteiger partial charge in [-0.15, -0.1) is 11.3 Å². The Morgan fingerprint density at radius 2 is 1.84 bits per heavy atom. The summed E-state index contributed by atoms with van der Waals surface area (Å²) in [4.78, 5) is 12.3. The maximum absolute atomic E-state index is 11.1. The number of rotatable bonds is 8. The van der Waals surface area contributed by atoms with Gasteiger partial charge in [-0.1, -0.05) is 48.0 Å². The summed E-state index contributed by atoms with van der Waals surface area (Å²) in [6, 6.07) is 21.5. The van der Waals surface area contributed by atoms with Gasteiger partial charge in [0.15, 0.2) is 0 Å². The van der Waals surface area contributed by atoms with Crippen LogP contribution in [0.1, 0.15) is 5.56 Å². The highest BCUT2D eigenvalue weighted by molar-refractivity contribution is 7.99. The summed E-state index contributed by atoms with van der Waals surface area (Å²) in [5.41, 5.74) is 8.76. The average Bonchev–Trinajstić information content (AvgIpc) is 3.25. The highest BCUT2D eigenvalue weighted by atomic mass is 32.2. The molecular formula is C23H28N4O3S2. The molecule has 0 fully saturated rings. The van der Waals surface area contributed by atoms with Crippen LogP contribution >= 0.6 is 23.3 Å². The van der Waals surface area contributed by atoms with E-state index < -0.39 is 5.97 Å². The van der Waals surface area contributed by atoms with E-state index in [4.69, 9.17) is 16.7 Å². The standard InChI is InChI=1S/C16H20N4O2S2.C7H8O/c1-22-15(21)11-20(18)10-13(17)9-19-24-16-8-7-14(23-16)12-5-3-2-4-6-12;1-6-2-4-7(8)5-3-6/h2-8,10,19H,9,11,17-18H2,1H3;2-5,8H,1H3/b13-10-;. The Balaban J connectivity index is 0.000000380. The fourth-order valence-corrected chi connectivity index (χ4v) is 4.26. The van der Waals surface area contributed by atoms with Gasteiger partial charge in [-0.2, -0.15) is 0 Å². The van der Waals surface area contributed by atoms with Gasteiger partial charge in [0.1, 0.15) is 12.3 Å². The van der Waals surface area contributed by atoms with Crippen LogP contribution in [0.15, 0.2) is 82.8 Å². The summed E-state index contributed by atoms with van der Waals surface area (Å²) >= 11 is 3.21. The molecule has 1 heterocycles. The zero-order chi connectivity index (χ0) is 23.3. The van der Waals surface area contributed by atoms with Crippen molar-refractivity contribution in [3.05, 3.63) is 84.2 Å². The smallest absolute Gasteiger partial charge is 0.326 e. The van der Waals surface area contributed by atoms with Gasteiger partial charge < -0.3 is 20.6 Å². The Morgan fingerprint density at radius 3 is 2.47 bits per heavy atom. The number of hydrogen-bond donors (Lipinski definition) is 4. The molecule has 0 spiro atoms. The molecular weight excluding hydrogens is 444 g/mol. The number of hydrazine groups is 1. The second kappa shape index (κ2) is 13.4. The van der Waals surface area contributed by atoms with Crippen LogP contribution in [0, 0.1) is 6.92 Å². The molecule has 9 heteroatoms. The van der Waals surface area contributed by atoms with Gasteiger partial charge in [0, 0.05) is 23.3 Å². The Kier molecular flexibility index (Phi) is 10.6. The molecule has 2 aromatic carbocycles. The van der Waals surface area contributed by atoms with Crippen LogP contribution in [-0.2, 0) is 9.53 Å². The number of benzene rings is 2. The van der Waals surface area contributed by atoms with Crippen molar-refractivity contribution in [3.8, 4) is 16.2 Å². The van der Waals surface area contributed by atoms with E-state index in [0.717, 1.165) is 4.21 Å². The quantitative estimate of drug-likeness (QED) is 0.169. The van der Waals surface area contributed by atoms with Gasteiger partial charge in [-0.3, -0.25) is 9.52 Å². The fourth-order valence-electron chi connectivity index (χ4n) is 2.39. The highest BCUT2D eigenvalue weighted by Crippen LogP contribution is 2.32. The minimum Gasteiger partial charge on any atom is -0.508 e. The minimum absolute atomic E-state index is 0.0459. The van der Waals surface area contributed by atoms with Crippen molar-refractivity contribution >= 4 is 29.3 Å². The number of hydrogen-bond acceptors (Lipinski definition) is 9. The highest BCUT2D eigenvalue weighted by Gasteiger charge is 2.05. The van der Waals surface area contributed by atoms with Gasteiger partial charge in [0.25, 0.3) is 0 Å². The van der Waals surface area contributed by atoms with E-state index in [1.165, 1.54) is 46.3 Å². The molecule has 0 aliphatic heterocycles. The monoisotopic (exact) mass is 472 g/mol. The number of thiophene rings is 1. The van der Waals surface area contributed by atoms with Crippen LogP contribution in [0.5, 0.6) is 5.75 Å². The SMILES string of the molecule is COC(=O)CN(N)/C=C(\N)CNSc1ccc(-c2ccccc2)s1.Cc1ccc(O)cc1. The first-order valence-corrected chi connectivity index (χ1v) is 11.4. The Labute approximate surface area is 196 Å². The largest absolute Gasteiger partial charge is 0.508 e. The third-order valence-electron chi connectivity index (χ3n) is 3.99. The van der Waals surface area contributed by atoms with Crippen molar-refractivity contribution in [1.82, 2.24) is 9.73 Å². The van der Waals surface area contributed by atoms with E-state index in [2.05, 4.69) is 33.7 Å². The summed E-state index contributed by atoms with van der Waals surface area (Å²) < 4.78 is 8.85. The maximum atomic E-state index is 11.1. The van der Waals surface area contributed by atoms with Gasteiger partial charge in [0.05, 0.1) is 11.3 Å². The van der Waals surface area contributed by atoms with Gasteiger partial charge in [-0.05, 0) is 48.7 Å². The third-order valence-corrected chi connectivity index (χ3v) is 6.05. The number of ether oxygens (including phenoxy) is 1. The number of phenolic OH excluding ortho intramolecular Hbond substituents is 1. The average molecular weight is 473 g/mol. The number of esters is 1. The number of aromatic hydroxyl groups is 1. The third kappa shape index (κ3) is 9.44. The van der Waals surface area contributed by atoms with E-state index in [1.807, 2.05) is 37.3 Å². The van der Waals surface area contributed by atoms with Crippen LogP contribution in [0.25, 0.3) is 10.4 Å². The first kappa shape index (κ1) is 25.3. The van der Waals surface area contributed by atoms with E-state index >= 15 is 0 Å². The van der Waals surface area contributed by atoms with Crippen LogP contribution in [-0.4, -0.2) is 36.3 Å². The molecule has 3 rings (SSSR count). The number of nitrogens with zero attached hydrogens (tertiary/aromatic N) is 1. The van der Waals surface area contributed by atoms with E-state index in [9.17, 15) is 4.79 Å². The predicted octanol–water partition coefficient (Wildman–Crippen LogP) is 3.86. The van der Waals surface area contributed by atoms with E-state index in [1.54, 1.807) is 23.5 Å². The molecule has 0 radical (unpaired) electrons. The van der Waals surface area contributed by atoms with Gasteiger partial charge in [0.2, 0.25) is 0 Å². The zero-order valence-electron chi connectivity index (χ0n) is 18.0. The maximum Gasteiger partial charge on any atom is 0.326 e. The number of nitrogens with two attached hydrogens (primary N) is 2. The first-order chi connectivity index (χ1) is 15.4. The fraction of sp³-hybridized carbons (Fsp3) is 0.174. The molecule has 0 saturated carbocycles. The lowest BCUT2D eigenvalue weighted by atomic mass is 10.2. The summed E-state index contributed by atoms with van der Waals surface area (Å²) in [7, 11) is 1.31. The van der Waals surface area contributed by atoms with Crippen molar-refractivity contribution in [1.29, 1.82) is 0 Å². The summed E-state index contributed by atoms with van der Waals surface area (Å²) in [5.74, 6) is 5.55. The van der Waals surface area contributed by atoms with Crippen LogP contribution in [0.2, 0.25) is 0 Å². The molecule has 0 atom stereocenters. The molecule has 170 valence electrons. The van der Waals surface area contributed by atoms with Gasteiger partial charge >= 0.3 is 5.97 Å². The summed E-state index contributed by atoms with van der Waals surface area (Å²) in [6.45, 7) is 2.38. The van der Waals surface area contributed by atoms with Crippen LogP contribution in [0.4, 0.5) is 0 Å². The Morgan fingerprint density at radius 1 is 1.16 bits per heavy atom. The molecule has 32 heavy (non-hydrogen) atoms. The number of carbonyl (C=O) groups is 1. The molecule has 0 unspecified atom stereocenters. The number of nitrogens with one attached hydrogen (secondary N) is 1. The molecule has 3 aromatic rings. The summed E-state index contributed by atoms with van der Waals surface area (Å²) in [6.07, 6.45) is 1.51. The van der Waals surface area contributed by atoms with Crippen LogP contribution < -0.4 is 16.3 Å². The zero-order valence-corrected chi connectivity index (χ0v) is 19.7. The Bertz CT molecular complexity index is 971. The first-order valence-electron chi connectivity index (χ1n) is 9.72. The number of methoxy groups -OCH3 is 1. The molecule has 0 aliphatic rings. The molecule has 6 N–H and O–H groups in total. The predicted molar refractivity (Wildman–Crippen MR) is 132 cm³/mol. The number of carbonyl (C=O) groups excluding carboxylic acids is 1. The molecule has 0 aliphatic carbocycles. The Hall–Kier alpha value is -2.98. The molecule has 0 amide bonds. The second-order valence-electron chi connectivity index (χ2n) is 6.70. The second-order valence-corrected chi connectivity index (χ2v) is 8.97. The topological polar surface area (TPSA) is 114 Å². The molecule has 1 aromatic heterocycles. The van der Waals surface area contributed by atoms with Crippen molar-refractivity contribution in [2.45, 2.75) is 11.1 Å². The number of aryl methyl sites for hydroxylation is 1. The normalized spacial score (nSPS) is 10.8. The number of phenols is 1. The van der Waals surface area contributed by atoms with Crippen molar-refractivity contribution < 1.29 is 14.6 Å². The van der Waals surface area contributed by atoms with E-state index in [0.29, 0.717) is 18.0 Å². The lowest BCUT2D eigenvalue weighted by Crippen LogP contribution is -2.33. The summed E-state index contributed by atoms with van der Waals surface area (Å²) in [5, 5.41) is 9.96. The van der Waals surface area contributed by atoms with Crippen molar-refractivity contribution in [2.75, 3.05) is 20.2 Å². The minimum atomic E-state index is -0.420. The molecule has 0 bridgehead atoms. The van der Waals surface area contributed by atoms with Crippen molar-refractivity contribution in [3.63, 3.8) is 0 Å². The molecule has 0 saturated heterocycles. The molecule has 7 nitrogen and oxygen atoms in total. The van der Waals surface area contributed by atoms with E-state index in [-0.39, 0.29) is 6.54 Å². The lowest BCUT2D eigenvalue weighted by Gasteiger charge is -2.13. The lowest BCUT2D eigenvalue weighted by molar-refractivity contribution is -0.141. The van der Waals surface area contributed by atoms with Crippen molar-refractivity contribution in [2.24, 2.45) is 11.6 Å². The van der Waals surface area contributed by atoms with Gasteiger partial charge in [-0.25, -0.2) is 5.84 Å².